The lowest BCUT2D eigenvalue weighted by molar-refractivity contribution is 0.117. The summed E-state index contributed by atoms with van der Waals surface area (Å²) in [7, 11) is 0. The second-order valence-electron chi connectivity index (χ2n) is 5.08. The van der Waals surface area contributed by atoms with Crippen molar-refractivity contribution in [1.29, 1.82) is 0 Å². The maximum atomic E-state index is 9.21. The predicted octanol–water partition coefficient (Wildman–Crippen LogP) is 1.79. The molecule has 1 fully saturated rings. The van der Waals surface area contributed by atoms with Gasteiger partial charge in [0.25, 0.3) is 0 Å². The Bertz CT molecular complexity index is 347. The van der Waals surface area contributed by atoms with Gasteiger partial charge in [0.15, 0.2) is 0 Å². The molecule has 1 aliphatic rings. The molecule has 0 aromatic carbocycles. The standard InChI is InChI=1S/C14H23N3O/c15-14-7-6-12(10-16-14)11-17(8-9-18)13-4-2-1-3-5-13/h6-7,10,13,18H,1-5,8-9,11H2,(H2,15,16). The van der Waals surface area contributed by atoms with Crippen molar-refractivity contribution in [3.8, 4) is 0 Å². The van der Waals surface area contributed by atoms with Crippen molar-refractivity contribution >= 4 is 5.82 Å². The summed E-state index contributed by atoms with van der Waals surface area (Å²) in [5.41, 5.74) is 6.76. The van der Waals surface area contributed by atoms with E-state index in [0.29, 0.717) is 11.9 Å². The lowest BCUT2D eigenvalue weighted by Gasteiger charge is -2.33. The van der Waals surface area contributed by atoms with Gasteiger partial charge in [-0.15, -0.1) is 0 Å². The number of nitrogen functional groups attached to an aromatic ring is 1. The Kier molecular flexibility index (Phi) is 4.96. The molecule has 0 aliphatic heterocycles. The number of aliphatic hydroxyl groups is 1. The van der Waals surface area contributed by atoms with E-state index < -0.39 is 0 Å². The van der Waals surface area contributed by atoms with E-state index in [9.17, 15) is 5.11 Å². The highest BCUT2D eigenvalue weighted by Crippen LogP contribution is 2.23. The SMILES string of the molecule is Nc1ccc(CN(CCO)C2CCCCC2)cn1. The van der Waals surface area contributed by atoms with Crippen molar-refractivity contribution < 1.29 is 5.11 Å². The minimum Gasteiger partial charge on any atom is -0.395 e. The third kappa shape index (κ3) is 3.68. The molecule has 0 unspecified atom stereocenters. The summed E-state index contributed by atoms with van der Waals surface area (Å²) < 4.78 is 0. The van der Waals surface area contributed by atoms with Crippen LogP contribution in [0.15, 0.2) is 18.3 Å². The average Bonchev–Trinajstić information content (AvgIpc) is 2.42. The van der Waals surface area contributed by atoms with Crippen molar-refractivity contribution in [2.24, 2.45) is 0 Å². The molecule has 2 rings (SSSR count). The number of pyridine rings is 1. The summed E-state index contributed by atoms with van der Waals surface area (Å²) in [6.45, 7) is 1.83. The minimum absolute atomic E-state index is 0.221. The zero-order chi connectivity index (χ0) is 12.8. The topological polar surface area (TPSA) is 62.4 Å². The lowest BCUT2D eigenvalue weighted by atomic mass is 9.94. The van der Waals surface area contributed by atoms with Gasteiger partial charge in [-0.05, 0) is 24.5 Å². The number of hydrogen-bond donors (Lipinski definition) is 2. The molecule has 1 aliphatic carbocycles. The first kappa shape index (κ1) is 13.3. The van der Waals surface area contributed by atoms with Gasteiger partial charge >= 0.3 is 0 Å². The van der Waals surface area contributed by atoms with E-state index in [-0.39, 0.29) is 6.61 Å². The molecule has 0 amide bonds. The summed E-state index contributed by atoms with van der Waals surface area (Å²) in [5, 5.41) is 9.21. The first-order valence-corrected chi connectivity index (χ1v) is 6.85. The van der Waals surface area contributed by atoms with Crippen molar-refractivity contribution in [2.75, 3.05) is 18.9 Å². The Morgan fingerprint density at radius 3 is 2.67 bits per heavy atom. The highest BCUT2D eigenvalue weighted by molar-refractivity contribution is 5.29. The molecular weight excluding hydrogens is 226 g/mol. The van der Waals surface area contributed by atoms with E-state index in [1.54, 1.807) is 0 Å². The van der Waals surface area contributed by atoms with Gasteiger partial charge in [0.1, 0.15) is 5.82 Å². The molecule has 0 spiro atoms. The van der Waals surface area contributed by atoms with Gasteiger partial charge in [-0.2, -0.15) is 0 Å². The fourth-order valence-electron chi connectivity index (χ4n) is 2.73. The molecule has 4 nitrogen and oxygen atoms in total. The largest absolute Gasteiger partial charge is 0.395 e. The van der Waals surface area contributed by atoms with Crippen LogP contribution in [-0.4, -0.2) is 34.2 Å². The van der Waals surface area contributed by atoms with Gasteiger partial charge in [0.2, 0.25) is 0 Å². The second kappa shape index (κ2) is 6.71. The Hall–Kier alpha value is -1.13. The molecule has 1 heterocycles. The van der Waals surface area contributed by atoms with Crippen LogP contribution < -0.4 is 5.73 Å². The Morgan fingerprint density at radius 1 is 1.28 bits per heavy atom. The molecule has 0 radical (unpaired) electrons. The summed E-state index contributed by atoms with van der Waals surface area (Å²) >= 11 is 0. The van der Waals surface area contributed by atoms with E-state index >= 15 is 0 Å². The number of rotatable bonds is 5. The number of nitrogens with two attached hydrogens (primary N) is 1. The van der Waals surface area contributed by atoms with E-state index in [0.717, 1.165) is 13.1 Å². The van der Waals surface area contributed by atoms with Crippen molar-refractivity contribution in [2.45, 2.75) is 44.7 Å². The third-order valence-electron chi connectivity index (χ3n) is 3.71. The van der Waals surface area contributed by atoms with E-state index in [2.05, 4.69) is 9.88 Å². The number of nitrogens with zero attached hydrogens (tertiary/aromatic N) is 2. The average molecular weight is 249 g/mol. The molecular formula is C14H23N3O. The maximum Gasteiger partial charge on any atom is 0.123 e. The van der Waals surface area contributed by atoms with Crippen molar-refractivity contribution in [3.63, 3.8) is 0 Å². The van der Waals surface area contributed by atoms with Crippen LogP contribution in [0.1, 0.15) is 37.7 Å². The molecule has 0 bridgehead atoms. The van der Waals surface area contributed by atoms with E-state index in [1.807, 2.05) is 18.3 Å². The number of anilines is 1. The minimum atomic E-state index is 0.221. The zero-order valence-corrected chi connectivity index (χ0v) is 10.9. The van der Waals surface area contributed by atoms with Gasteiger partial charge in [-0.25, -0.2) is 4.98 Å². The summed E-state index contributed by atoms with van der Waals surface area (Å²) in [6, 6.07) is 4.48. The lowest BCUT2D eigenvalue weighted by Crippen LogP contribution is -2.38. The van der Waals surface area contributed by atoms with Gasteiger partial charge < -0.3 is 10.8 Å². The fourth-order valence-corrected chi connectivity index (χ4v) is 2.73. The zero-order valence-electron chi connectivity index (χ0n) is 10.9. The molecule has 4 heteroatoms. The highest BCUT2D eigenvalue weighted by Gasteiger charge is 2.20. The van der Waals surface area contributed by atoms with Crippen molar-refractivity contribution in [1.82, 2.24) is 9.88 Å². The predicted molar refractivity (Wildman–Crippen MR) is 73.0 cm³/mol. The summed E-state index contributed by atoms with van der Waals surface area (Å²) in [4.78, 5) is 6.51. The quantitative estimate of drug-likeness (QED) is 0.835. The van der Waals surface area contributed by atoms with Crippen LogP contribution in [0.25, 0.3) is 0 Å². The summed E-state index contributed by atoms with van der Waals surface area (Å²) in [6.07, 6.45) is 8.32. The smallest absolute Gasteiger partial charge is 0.123 e. The molecule has 0 atom stereocenters. The van der Waals surface area contributed by atoms with Crippen LogP contribution >= 0.6 is 0 Å². The number of aromatic nitrogens is 1. The molecule has 18 heavy (non-hydrogen) atoms. The normalized spacial score (nSPS) is 17.2. The molecule has 1 aromatic rings. The van der Waals surface area contributed by atoms with E-state index in [4.69, 9.17) is 5.73 Å². The molecule has 100 valence electrons. The number of aliphatic hydroxyl groups excluding tert-OH is 1. The van der Waals surface area contributed by atoms with Crippen molar-refractivity contribution in [3.05, 3.63) is 23.9 Å². The Labute approximate surface area is 109 Å². The van der Waals surface area contributed by atoms with Gasteiger partial charge in [0, 0.05) is 25.3 Å². The molecule has 0 saturated heterocycles. The van der Waals surface area contributed by atoms with Gasteiger partial charge in [-0.3, -0.25) is 4.90 Å². The maximum absolute atomic E-state index is 9.21. The van der Waals surface area contributed by atoms with Crippen LogP contribution in [0.4, 0.5) is 5.82 Å². The number of hydrogen-bond acceptors (Lipinski definition) is 4. The monoisotopic (exact) mass is 249 g/mol. The molecule has 1 aromatic heterocycles. The Balaban J connectivity index is 1.98. The van der Waals surface area contributed by atoms with Crippen LogP contribution in [0, 0.1) is 0 Å². The van der Waals surface area contributed by atoms with Crippen LogP contribution in [0.2, 0.25) is 0 Å². The second-order valence-corrected chi connectivity index (χ2v) is 5.08. The Morgan fingerprint density at radius 2 is 2.06 bits per heavy atom. The molecule has 1 saturated carbocycles. The van der Waals surface area contributed by atoms with Gasteiger partial charge in [-0.1, -0.05) is 25.3 Å². The van der Waals surface area contributed by atoms with Gasteiger partial charge in [0.05, 0.1) is 6.61 Å². The molecule has 3 N–H and O–H groups in total. The highest BCUT2D eigenvalue weighted by atomic mass is 16.3. The first-order chi connectivity index (χ1) is 8.79. The van der Waals surface area contributed by atoms with E-state index in [1.165, 1.54) is 37.7 Å². The summed E-state index contributed by atoms with van der Waals surface area (Å²) in [5.74, 6) is 0.560. The first-order valence-electron chi connectivity index (χ1n) is 6.85. The van der Waals surface area contributed by atoms with Crippen LogP contribution in [-0.2, 0) is 6.54 Å². The fraction of sp³-hybridized carbons (Fsp3) is 0.643. The van der Waals surface area contributed by atoms with Crippen LogP contribution in [0.3, 0.4) is 0 Å². The third-order valence-corrected chi connectivity index (χ3v) is 3.71. The van der Waals surface area contributed by atoms with Crippen LogP contribution in [0.5, 0.6) is 0 Å².